The Labute approximate surface area is 131 Å². The van der Waals surface area contributed by atoms with Gasteiger partial charge in [-0.05, 0) is 47.3 Å². The molecule has 0 saturated heterocycles. The highest BCUT2D eigenvalue weighted by Crippen LogP contribution is 2.28. The van der Waals surface area contributed by atoms with Gasteiger partial charge in [-0.2, -0.15) is 0 Å². The first-order valence-electron chi connectivity index (χ1n) is 8.09. The fourth-order valence-corrected chi connectivity index (χ4v) is 2.72. The first kappa shape index (κ1) is 18.2. The predicted octanol–water partition coefficient (Wildman–Crippen LogP) is 4.30. The van der Waals surface area contributed by atoms with Crippen LogP contribution in [-0.2, 0) is 17.6 Å². The minimum atomic E-state index is 0.0725. The maximum absolute atomic E-state index is 6.21. The van der Waals surface area contributed by atoms with Crippen molar-refractivity contribution in [1.29, 1.82) is 0 Å². The largest absolute Gasteiger partial charge is 0.383 e. The Morgan fingerprint density at radius 1 is 1.19 bits per heavy atom. The van der Waals surface area contributed by atoms with E-state index in [-0.39, 0.29) is 6.04 Å². The first-order valence-corrected chi connectivity index (χ1v) is 8.09. The molecule has 0 radical (unpaired) electrons. The Hall–Kier alpha value is -0.860. The van der Waals surface area contributed by atoms with Crippen LogP contribution in [0.1, 0.15) is 63.6 Å². The molecule has 21 heavy (non-hydrogen) atoms. The van der Waals surface area contributed by atoms with Crippen molar-refractivity contribution >= 4 is 0 Å². The third kappa shape index (κ3) is 6.19. The Morgan fingerprint density at radius 2 is 1.86 bits per heavy atom. The van der Waals surface area contributed by atoms with Crippen molar-refractivity contribution in [3.63, 3.8) is 0 Å². The summed E-state index contributed by atoms with van der Waals surface area (Å²) in [7, 11) is 1.72. The molecule has 2 nitrogen and oxygen atoms in total. The quantitative estimate of drug-likeness (QED) is 0.812. The number of nitrogens with two attached hydrogens (primary N) is 1. The zero-order chi connectivity index (χ0) is 16.0. The molecule has 1 atom stereocenters. The second kappa shape index (κ2) is 7.95. The van der Waals surface area contributed by atoms with Gasteiger partial charge in [0.15, 0.2) is 0 Å². The van der Waals surface area contributed by atoms with E-state index in [9.17, 15) is 0 Å². The maximum Gasteiger partial charge on any atom is 0.0616 e. The van der Waals surface area contributed by atoms with Crippen molar-refractivity contribution < 1.29 is 4.74 Å². The molecule has 0 unspecified atom stereocenters. The number of ether oxygens (including phenoxy) is 1. The zero-order valence-corrected chi connectivity index (χ0v) is 14.7. The smallest absolute Gasteiger partial charge is 0.0616 e. The highest BCUT2D eigenvalue weighted by molar-refractivity contribution is 5.38. The van der Waals surface area contributed by atoms with Crippen molar-refractivity contribution in [2.45, 2.75) is 65.8 Å². The van der Waals surface area contributed by atoms with Crippen LogP contribution in [-0.4, -0.2) is 19.8 Å². The van der Waals surface area contributed by atoms with Crippen LogP contribution < -0.4 is 5.73 Å². The van der Waals surface area contributed by atoms with Gasteiger partial charge in [-0.25, -0.2) is 0 Å². The summed E-state index contributed by atoms with van der Waals surface area (Å²) in [6, 6.07) is 6.79. The molecule has 0 heterocycles. The number of benzene rings is 1. The van der Waals surface area contributed by atoms with Crippen molar-refractivity contribution in [3.05, 3.63) is 34.9 Å². The summed E-state index contributed by atoms with van der Waals surface area (Å²) in [6.45, 7) is 12.0. The average molecular weight is 291 g/mol. The average Bonchev–Trinajstić information content (AvgIpc) is 2.36. The van der Waals surface area contributed by atoms with Crippen LogP contribution in [0.5, 0.6) is 0 Å². The first-order chi connectivity index (χ1) is 9.74. The van der Waals surface area contributed by atoms with E-state index in [1.807, 2.05) is 0 Å². The van der Waals surface area contributed by atoms with Gasteiger partial charge in [0.1, 0.15) is 0 Å². The summed E-state index contributed by atoms with van der Waals surface area (Å²) in [5.41, 5.74) is 10.9. The van der Waals surface area contributed by atoms with Crippen LogP contribution in [0.2, 0.25) is 0 Å². The van der Waals surface area contributed by atoms with E-state index in [1.165, 1.54) is 23.1 Å². The van der Waals surface area contributed by atoms with E-state index in [0.29, 0.717) is 17.9 Å². The van der Waals surface area contributed by atoms with Crippen molar-refractivity contribution in [1.82, 2.24) is 0 Å². The van der Waals surface area contributed by atoms with Crippen molar-refractivity contribution in [2.75, 3.05) is 13.7 Å². The summed E-state index contributed by atoms with van der Waals surface area (Å²) in [6.07, 6.45) is 3.22. The lowest BCUT2D eigenvalue weighted by atomic mass is 9.84. The second-order valence-electron chi connectivity index (χ2n) is 7.62. The normalized spacial score (nSPS) is 13.7. The van der Waals surface area contributed by atoms with E-state index >= 15 is 0 Å². The van der Waals surface area contributed by atoms with Gasteiger partial charge in [0, 0.05) is 13.2 Å². The summed E-state index contributed by atoms with van der Waals surface area (Å²) >= 11 is 0. The van der Waals surface area contributed by atoms with Gasteiger partial charge in [0.25, 0.3) is 0 Å². The molecule has 1 aromatic carbocycles. The SMILES string of the molecule is COC[C@H](N)Cc1c(CCC(C)(C)C)cccc1C(C)C. The Kier molecular flexibility index (Phi) is 6.89. The number of hydrogen-bond donors (Lipinski definition) is 1. The summed E-state index contributed by atoms with van der Waals surface area (Å²) in [5.74, 6) is 0.532. The van der Waals surface area contributed by atoms with Gasteiger partial charge in [-0.1, -0.05) is 52.8 Å². The Morgan fingerprint density at radius 3 is 2.38 bits per heavy atom. The zero-order valence-electron chi connectivity index (χ0n) is 14.7. The number of aryl methyl sites for hydroxylation is 1. The van der Waals surface area contributed by atoms with E-state index < -0.39 is 0 Å². The van der Waals surface area contributed by atoms with Crippen LogP contribution in [0.15, 0.2) is 18.2 Å². The van der Waals surface area contributed by atoms with E-state index in [1.54, 1.807) is 7.11 Å². The highest BCUT2D eigenvalue weighted by atomic mass is 16.5. The van der Waals surface area contributed by atoms with Gasteiger partial charge in [0.05, 0.1) is 6.61 Å². The molecule has 0 bridgehead atoms. The van der Waals surface area contributed by atoms with Crippen LogP contribution in [0.25, 0.3) is 0 Å². The molecule has 120 valence electrons. The standard InChI is InChI=1S/C19H33NO/c1-14(2)17-9-7-8-15(10-11-19(3,4)5)18(17)12-16(20)13-21-6/h7-9,14,16H,10-13,20H2,1-6H3/t16-/m1/s1. The molecule has 0 aliphatic carbocycles. The molecule has 0 fully saturated rings. The molecule has 0 saturated carbocycles. The molecular weight excluding hydrogens is 258 g/mol. The molecule has 1 aromatic rings. The van der Waals surface area contributed by atoms with Gasteiger partial charge in [-0.3, -0.25) is 0 Å². The van der Waals surface area contributed by atoms with Gasteiger partial charge >= 0.3 is 0 Å². The number of hydrogen-bond acceptors (Lipinski definition) is 2. The molecule has 0 amide bonds. The Balaban J connectivity index is 3.02. The van der Waals surface area contributed by atoms with Gasteiger partial charge < -0.3 is 10.5 Å². The summed E-state index contributed by atoms with van der Waals surface area (Å²) in [5, 5.41) is 0. The lowest BCUT2D eigenvalue weighted by Gasteiger charge is -2.23. The molecule has 2 heteroatoms. The monoisotopic (exact) mass is 291 g/mol. The van der Waals surface area contributed by atoms with Gasteiger partial charge in [-0.15, -0.1) is 0 Å². The van der Waals surface area contributed by atoms with Crippen LogP contribution >= 0.6 is 0 Å². The van der Waals surface area contributed by atoms with E-state index in [2.05, 4.69) is 52.8 Å². The topological polar surface area (TPSA) is 35.2 Å². The van der Waals surface area contributed by atoms with Crippen LogP contribution in [0.4, 0.5) is 0 Å². The minimum Gasteiger partial charge on any atom is -0.383 e. The lowest BCUT2D eigenvalue weighted by Crippen LogP contribution is -2.29. The second-order valence-corrected chi connectivity index (χ2v) is 7.62. The van der Waals surface area contributed by atoms with Crippen molar-refractivity contribution in [3.8, 4) is 0 Å². The predicted molar refractivity (Wildman–Crippen MR) is 91.9 cm³/mol. The van der Waals surface area contributed by atoms with Gasteiger partial charge in [0.2, 0.25) is 0 Å². The fraction of sp³-hybridized carbons (Fsp3) is 0.684. The fourth-order valence-electron chi connectivity index (χ4n) is 2.72. The molecule has 0 aliphatic rings. The minimum absolute atomic E-state index is 0.0725. The van der Waals surface area contributed by atoms with E-state index in [0.717, 1.165) is 12.8 Å². The highest BCUT2D eigenvalue weighted by Gasteiger charge is 2.17. The summed E-state index contributed by atoms with van der Waals surface area (Å²) < 4.78 is 5.21. The molecule has 0 aliphatic heterocycles. The summed E-state index contributed by atoms with van der Waals surface area (Å²) in [4.78, 5) is 0. The number of methoxy groups -OCH3 is 1. The maximum atomic E-state index is 6.21. The van der Waals surface area contributed by atoms with Crippen molar-refractivity contribution in [2.24, 2.45) is 11.1 Å². The third-order valence-corrected chi connectivity index (χ3v) is 3.92. The van der Waals surface area contributed by atoms with E-state index in [4.69, 9.17) is 10.5 Å². The molecule has 0 spiro atoms. The molecule has 0 aromatic heterocycles. The molecule has 1 rings (SSSR count). The van der Waals surface area contributed by atoms with Crippen LogP contribution in [0.3, 0.4) is 0 Å². The van der Waals surface area contributed by atoms with Crippen LogP contribution in [0, 0.1) is 5.41 Å². The number of rotatable bonds is 7. The lowest BCUT2D eigenvalue weighted by molar-refractivity contribution is 0.180. The third-order valence-electron chi connectivity index (χ3n) is 3.92. The Bertz CT molecular complexity index is 432. The molecule has 2 N–H and O–H groups in total. The molecular formula is C19H33NO.